The minimum Gasteiger partial charge on any atom is -0.343 e. The number of pyridine rings is 1. The van der Waals surface area contributed by atoms with Crippen LogP contribution in [0.3, 0.4) is 0 Å². The van der Waals surface area contributed by atoms with E-state index in [1.807, 2.05) is 4.98 Å². The Bertz CT molecular complexity index is 540. The zero-order valence-electron chi connectivity index (χ0n) is 7.00. The van der Waals surface area contributed by atoms with Crippen molar-refractivity contribution in [3.05, 3.63) is 25.6 Å². The van der Waals surface area contributed by atoms with Crippen molar-refractivity contribution in [3.63, 3.8) is 0 Å². The molecule has 0 aromatic carbocycles. The molecule has 15 heavy (non-hydrogen) atoms. The summed E-state index contributed by atoms with van der Waals surface area (Å²) in [6.45, 7) is 0. The summed E-state index contributed by atoms with van der Waals surface area (Å²) in [4.78, 5) is 13.1. The van der Waals surface area contributed by atoms with Crippen molar-refractivity contribution in [2.24, 2.45) is 5.14 Å². The summed E-state index contributed by atoms with van der Waals surface area (Å²) in [6, 6.07) is 0.670. The summed E-state index contributed by atoms with van der Waals surface area (Å²) in [5, 5.41) is 3.98. The van der Waals surface area contributed by atoms with Crippen molar-refractivity contribution >= 4 is 32.6 Å². The molecule has 0 saturated carbocycles. The van der Waals surface area contributed by atoms with Gasteiger partial charge in [-0.1, -0.05) is 0 Å². The number of primary sulfonamides is 1. The highest BCUT2D eigenvalue weighted by molar-refractivity contribution is 14.1. The summed E-state index contributed by atoms with van der Waals surface area (Å²) >= 11 is 1.41. The van der Waals surface area contributed by atoms with Crippen LogP contribution in [0.2, 0.25) is 0 Å². The zero-order chi connectivity index (χ0) is 11.8. The van der Waals surface area contributed by atoms with Crippen LogP contribution in [-0.2, 0) is 10.0 Å². The first-order chi connectivity index (χ1) is 6.73. The molecule has 1 aromatic rings. The van der Waals surface area contributed by atoms with E-state index in [4.69, 9.17) is 5.14 Å². The normalized spacial score (nSPS) is 12.1. The Morgan fingerprint density at radius 3 is 2.40 bits per heavy atom. The fraction of sp³-hybridized carbons (Fsp3) is 0.167. The van der Waals surface area contributed by atoms with E-state index in [0.717, 1.165) is 0 Å². The maximum atomic E-state index is 12.4. The number of rotatable bonds is 2. The molecule has 1 aromatic heterocycles. The third-order valence-electron chi connectivity index (χ3n) is 1.50. The lowest BCUT2D eigenvalue weighted by atomic mass is 10.3. The molecule has 9 heteroatoms. The van der Waals surface area contributed by atoms with Gasteiger partial charge in [-0.15, -0.1) is 0 Å². The Kier molecular flexibility index (Phi) is 3.45. The molecule has 1 rings (SSSR count). The molecule has 0 spiro atoms. The van der Waals surface area contributed by atoms with Crippen LogP contribution in [0.1, 0.15) is 12.1 Å². The van der Waals surface area contributed by atoms with Crippen molar-refractivity contribution in [1.29, 1.82) is 0 Å². The predicted molar refractivity (Wildman–Crippen MR) is 56.1 cm³/mol. The molecule has 5 nitrogen and oxygen atoms in total. The lowest BCUT2D eigenvalue weighted by Gasteiger charge is -2.05. The van der Waals surface area contributed by atoms with E-state index in [0.29, 0.717) is 6.07 Å². The highest BCUT2D eigenvalue weighted by Crippen LogP contribution is 2.20. The minimum absolute atomic E-state index is 0.255. The van der Waals surface area contributed by atoms with Gasteiger partial charge in [0.2, 0.25) is 0 Å². The van der Waals surface area contributed by atoms with Crippen molar-refractivity contribution in [3.8, 4) is 0 Å². The number of H-pyrrole nitrogens is 1. The predicted octanol–water partition coefficient (Wildman–Crippen LogP) is 0.565. The second kappa shape index (κ2) is 4.14. The lowest BCUT2D eigenvalue weighted by Crippen LogP contribution is -2.20. The number of nitrogens with one attached hydrogen (secondary N) is 1. The quantitative estimate of drug-likeness (QED) is 0.764. The number of nitrogens with two attached hydrogens (primary N) is 1. The number of hydrogen-bond donors (Lipinski definition) is 2. The van der Waals surface area contributed by atoms with Gasteiger partial charge in [-0.2, -0.15) is 0 Å². The summed E-state index contributed by atoms with van der Waals surface area (Å²) in [5.74, 6) is 0. The molecule has 3 N–H and O–H groups in total. The molecule has 84 valence electrons. The monoisotopic (exact) mass is 350 g/mol. The Balaban J connectivity index is 3.58. The van der Waals surface area contributed by atoms with Gasteiger partial charge in [0.1, 0.15) is 5.69 Å². The van der Waals surface area contributed by atoms with Gasteiger partial charge in [0.15, 0.2) is 10.5 Å². The first-order valence-electron chi connectivity index (χ1n) is 3.47. The summed E-state index contributed by atoms with van der Waals surface area (Å²) in [6.07, 6.45) is -2.97. The Labute approximate surface area is 96.9 Å². The van der Waals surface area contributed by atoms with E-state index < -0.39 is 32.6 Å². The van der Waals surface area contributed by atoms with Crippen LogP contribution < -0.4 is 10.6 Å². The topological polar surface area (TPSA) is 93.0 Å². The lowest BCUT2D eigenvalue weighted by molar-refractivity contribution is 0.144. The van der Waals surface area contributed by atoms with Gasteiger partial charge in [-0.3, -0.25) is 4.79 Å². The fourth-order valence-corrected chi connectivity index (χ4v) is 1.89. The van der Waals surface area contributed by atoms with Crippen LogP contribution in [-0.4, -0.2) is 13.4 Å². The zero-order valence-corrected chi connectivity index (χ0v) is 9.97. The summed E-state index contributed by atoms with van der Waals surface area (Å²) in [7, 11) is -4.19. The summed E-state index contributed by atoms with van der Waals surface area (Å²) < 4.78 is 46.1. The van der Waals surface area contributed by atoms with Crippen LogP contribution in [0.4, 0.5) is 8.78 Å². The molecule has 0 saturated heterocycles. The maximum Gasteiger partial charge on any atom is 0.279 e. The first-order valence-corrected chi connectivity index (χ1v) is 6.09. The average Bonchev–Trinajstić information content (AvgIpc) is 2.06. The number of hydrogen-bond acceptors (Lipinski definition) is 3. The number of aromatic nitrogens is 1. The number of alkyl halides is 2. The van der Waals surface area contributed by atoms with Gasteiger partial charge in [0, 0.05) is 6.07 Å². The molecule has 0 bridgehead atoms. The second-order valence-electron chi connectivity index (χ2n) is 2.57. The van der Waals surface area contributed by atoms with Crippen molar-refractivity contribution in [1.82, 2.24) is 4.98 Å². The SMILES string of the molecule is NS(=O)(=O)c1cc(=O)c(I)c(C(F)F)[nH]1. The van der Waals surface area contributed by atoms with Crippen molar-refractivity contribution in [2.75, 3.05) is 0 Å². The van der Waals surface area contributed by atoms with E-state index in [1.165, 1.54) is 22.6 Å². The summed E-state index contributed by atoms with van der Waals surface area (Å²) in [5.41, 5.74) is -1.55. The van der Waals surface area contributed by atoms with E-state index in [2.05, 4.69) is 0 Å². The van der Waals surface area contributed by atoms with E-state index in [1.54, 1.807) is 0 Å². The van der Waals surface area contributed by atoms with Crippen LogP contribution in [0.25, 0.3) is 0 Å². The Morgan fingerprint density at radius 1 is 1.47 bits per heavy atom. The molecule has 0 unspecified atom stereocenters. The Morgan fingerprint density at radius 2 is 2.00 bits per heavy atom. The van der Waals surface area contributed by atoms with Gasteiger partial charge >= 0.3 is 0 Å². The van der Waals surface area contributed by atoms with E-state index in [9.17, 15) is 22.0 Å². The number of halogens is 3. The third-order valence-corrected chi connectivity index (χ3v) is 3.44. The van der Waals surface area contributed by atoms with Crippen LogP contribution in [0.15, 0.2) is 15.9 Å². The van der Waals surface area contributed by atoms with Crippen LogP contribution in [0.5, 0.6) is 0 Å². The molecule has 0 radical (unpaired) electrons. The Hall–Kier alpha value is -0.550. The minimum atomic E-state index is -4.19. The molecule has 1 heterocycles. The smallest absolute Gasteiger partial charge is 0.279 e. The van der Waals surface area contributed by atoms with Gasteiger partial charge in [-0.05, 0) is 22.6 Å². The molecular weight excluding hydrogens is 345 g/mol. The second-order valence-corrected chi connectivity index (χ2v) is 5.18. The third kappa shape index (κ3) is 2.72. The molecular formula is C6H5F2IN2O3S. The van der Waals surface area contributed by atoms with E-state index in [-0.39, 0.29) is 3.57 Å². The standard InChI is InChI=1S/C6H5F2IN2O3S/c7-6(8)5-4(9)2(12)1-3(11-5)15(10,13)14/h1,6H,(H,11,12)(H2,10,13,14). The average molecular weight is 350 g/mol. The van der Waals surface area contributed by atoms with Crippen molar-refractivity contribution in [2.45, 2.75) is 11.5 Å². The maximum absolute atomic E-state index is 12.4. The molecule has 0 fully saturated rings. The first kappa shape index (κ1) is 12.5. The van der Waals surface area contributed by atoms with Gasteiger partial charge in [0.05, 0.1) is 3.57 Å². The van der Waals surface area contributed by atoms with Crippen LogP contribution >= 0.6 is 22.6 Å². The molecule has 0 amide bonds. The van der Waals surface area contributed by atoms with Crippen molar-refractivity contribution < 1.29 is 17.2 Å². The van der Waals surface area contributed by atoms with Gasteiger partial charge < -0.3 is 4.98 Å². The largest absolute Gasteiger partial charge is 0.343 e. The van der Waals surface area contributed by atoms with Crippen LogP contribution in [0, 0.1) is 3.57 Å². The molecule has 0 aliphatic carbocycles. The van der Waals surface area contributed by atoms with Gasteiger partial charge in [-0.25, -0.2) is 22.3 Å². The fourth-order valence-electron chi connectivity index (χ4n) is 0.842. The molecule has 0 aliphatic rings. The van der Waals surface area contributed by atoms with E-state index >= 15 is 0 Å². The highest BCUT2D eigenvalue weighted by Gasteiger charge is 2.19. The molecule has 0 atom stereocenters. The molecule has 0 aliphatic heterocycles. The number of aromatic amines is 1. The number of sulfonamides is 1. The highest BCUT2D eigenvalue weighted by atomic mass is 127. The van der Waals surface area contributed by atoms with Gasteiger partial charge in [0.25, 0.3) is 16.4 Å².